The molecule has 1 atom stereocenters. The van der Waals surface area contributed by atoms with E-state index in [1.165, 1.54) is 4.90 Å². The van der Waals surface area contributed by atoms with Gasteiger partial charge in [0.2, 0.25) is 0 Å². The molecule has 0 unspecified atom stereocenters. The summed E-state index contributed by atoms with van der Waals surface area (Å²) in [5.74, 6) is -1.31. The third-order valence-corrected chi connectivity index (χ3v) is 2.83. The molecule has 96 valence electrons. The molecule has 1 N–H and O–H groups in total. The van der Waals surface area contributed by atoms with Gasteiger partial charge < -0.3 is 9.84 Å². The average Bonchev–Trinajstić information content (AvgIpc) is 2.90. The highest BCUT2D eigenvalue weighted by molar-refractivity contribution is 6.00. The predicted molar refractivity (Wildman–Crippen MR) is 65.4 cm³/mol. The van der Waals surface area contributed by atoms with Gasteiger partial charge in [-0.05, 0) is 25.0 Å². The Morgan fingerprint density at radius 2 is 2.06 bits per heavy atom. The van der Waals surface area contributed by atoms with E-state index >= 15 is 0 Å². The molecule has 18 heavy (non-hydrogen) atoms. The molecule has 1 heterocycles. The van der Waals surface area contributed by atoms with Crippen molar-refractivity contribution in [1.82, 2.24) is 0 Å². The van der Waals surface area contributed by atoms with Crippen molar-refractivity contribution in [2.75, 3.05) is 18.1 Å². The Balaban J connectivity index is 2.19. The number of ether oxygens (including phenoxy) is 1. The Morgan fingerprint density at radius 1 is 1.33 bits per heavy atom. The zero-order valence-corrected chi connectivity index (χ0v) is 9.91. The molecule has 1 aromatic rings. The largest absolute Gasteiger partial charge is 0.480 e. The van der Waals surface area contributed by atoms with Gasteiger partial charge in [-0.1, -0.05) is 18.2 Å². The van der Waals surface area contributed by atoms with Crippen LogP contribution in [-0.2, 0) is 14.3 Å². The number of carboxylic acid groups (broad SMARTS) is 1. The highest BCUT2D eigenvalue weighted by Gasteiger charge is 2.30. The van der Waals surface area contributed by atoms with Crippen molar-refractivity contribution < 1.29 is 19.4 Å². The summed E-state index contributed by atoms with van der Waals surface area (Å²) in [5.41, 5.74) is 0.584. The molecule has 0 spiro atoms. The van der Waals surface area contributed by atoms with Gasteiger partial charge in [0.1, 0.15) is 12.6 Å². The zero-order valence-electron chi connectivity index (χ0n) is 9.91. The van der Waals surface area contributed by atoms with Crippen LogP contribution in [-0.4, -0.2) is 36.2 Å². The van der Waals surface area contributed by atoms with E-state index in [-0.39, 0.29) is 12.5 Å². The lowest BCUT2D eigenvalue weighted by molar-refractivity contribution is -0.137. The third kappa shape index (κ3) is 2.87. The van der Waals surface area contributed by atoms with Crippen LogP contribution in [0.4, 0.5) is 5.69 Å². The molecular formula is C13H15NO4. The smallest absolute Gasteiger partial charge is 0.323 e. The van der Waals surface area contributed by atoms with Crippen LogP contribution in [0, 0.1) is 0 Å². The minimum atomic E-state index is -1.04. The summed E-state index contributed by atoms with van der Waals surface area (Å²) in [6.45, 7) is 0.217. The van der Waals surface area contributed by atoms with Gasteiger partial charge in [-0.2, -0.15) is 0 Å². The lowest BCUT2D eigenvalue weighted by atomic mass is 10.2. The number of carboxylic acids is 1. The summed E-state index contributed by atoms with van der Waals surface area (Å²) in [6.07, 6.45) is 0.984. The number of nitrogens with zero attached hydrogens (tertiary/aromatic N) is 1. The SMILES string of the molecule is O=C(O)CN(C(=O)[C@@H]1CCCO1)c1ccccc1. The molecule has 2 rings (SSSR count). The number of hydrogen-bond acceptors (Lipinski definition) is 3. The third-order valence-electron chi connectivity index (χ3n) is 2.83. The first-order chi connectivity index (χ1) is 8.68. The monoisotopic (exact) mass is 249 g/mol. The van der Waals surface area contributed by atoms with Crippen LogP contribution in [0.1, 0.15) is 12.8 Å². The molecule has 1 aromatic carbocycles. The Morgan fingerprint density at radius 3 is 2.61 bits per heavy atom. The van der Waals surface area contributed by atoms with Gasteiger partial charge in [0.05, 0.1) is 0 Å². The maximum absolute atomic E-state index is 12.2. The van der Waals surface area contributed by atoms with Crippen molar-refractivity contribution in [3.63, 3.8) is 0 Å². The number of aliphatic carboxylic acids is 1. The fraction of sp³-hybridized carbons (Fsp3) is 0.385. The summed E-state index contributed by atoms with van der Waals surface area (Å²) in [5, 5.41) is 8.90. The van der Waals surface area contributed by atoms with Crippen molar-refractivity contribution >= 4 is 17.6 Å². The first kappa shape index (κ1) is 12.6. The number of benzene rings is 1. The normalized spacial score (nSPS) is 18.6. The second kappa shape index (κ2) is 5.64. The van der Waals surface area contributed by atoms with E-state index in [1.807, 2.05) is 6.07 Å². The molecule has 1 aliphatic rings. The van der Waals surface area contributed by atoms with Crippen molar-refractivity contribution in [3.05, 3.63) is 30.3 Å². The van der Waals surface area contributed by atoms with Crippen LogP contribution in [0.3, 0.4) is 0 Å². The molecule has 0 saturated carbocycles. The van der Waals surface area contributed by atoms with E-state index in [2.05, 4.69) is 0 Å². The maximum atomic E-state index is 12.2. The van der Waals surface area contributed by atoms with Crippen LogP contribution >= 0.6 is 0 Å². The van der Waals surface area contributed by atoms with E-state index in [1.54, 1.807) is 24.3 Å². The Hall–Kier alpha value is -1.88. The molecule has 0 bridgehead atoms. The van der Waals surface area contributed by atoms with E-state index < -0.39 is 12.1 Å². The molecule has 0 aromatic heterocycles. The van der Waals surface area contributed by atoms with Crippen LogP contribution in [0.5, 0.6) is 0 Å². The van der Waals surface area contributed by atoms with E-state index in [0.29, 0.717) is 18.7 Å². The van der Waals surface area contributed by atoms with Gasteiger partial charge in [0.25, 0.3) is 5.91 Å². The lowest BCUT2D eigenvalue weighted by Gasteiger charge is -2.23. The zero-order chi connectivity index (χ0) is 13.0. The summed E-state index contributed by atoms with van der Waals surface area (Å²) >= 11 is 0. The number of anilines is 1. The highest BCUT2D eigenvalue weighted by atomic mass is 16.5. The van der Waals surface area contributed by atoms with Crippen molar-refractivity contribution in [1.29, 1.82) is 0 Å². The van der Waals surface area contributed by atoms with Crippen molar-refractivity contribution in [3.8, 4) is 0 Å². The molecule has 0 aliphatic carbocycles. The first-order valence-electron chi connectivity index (χ1n) is 5.88. The molecular weight excluding hydrogens is 234 g/mol. The number of para-hydroxylation sites is 1. The second-order valence-corrected chi connectivity index (χ2v) is 4.16. The average molecular weight is 249 g/mol. The summed E-state index contributed by atoms with van der Waals surface area (Å²) < 4.78 is 5.31. The van der Waals surface area contributed by atoms with Crippen LogP contribution in [0.25, 0.3) is 0 Å². The molecule has 1 saturated heterocycles. The molecule has 1 amide bonds. The molecule has 0 radical (unpaired) electrons. The summed E-state index contributed by atoms with van der Waals surface area (Å²) in [7, 11) is 0. The standard InChI is InChI=1S/C13H15NO4/c15-12(16)9-14(10-5-2-1-3-6-10)13(17)11-7-4-8-18-11/h1-3,5-6,11H,4,7-9H2,(H,15,16)/t11-/m0/s1. The summed E-state index contributed by atoms with van der Waals surface area (Å²) in [4.78, 5) is 24.3. The fourth-order valence-corrected chi connectivity index (χ4v) is 1.99. The molecule has 1 fully saturated rings. The predicted octanol–water partition coefficient (Wildman–Crippen LogP) is 1.28. The van der Waals surface area contributed by atoms with Gasteiger partial charge in [-0.15, -0.1) is 0 Å². The van der Waals surface area contributed by atoms with Crippen LogP contribution in [0.2, 0.25) is 0 Å². The van der Waals surface area contributed by atoms with Gasteiger partial charge in [-0.3, -0.25) is 14.5 Å². The quantitative estimate of drug-likeness (QED) is 0.873. The Labute approximate surface area is 105 Å². The Kier molecular flexibility index (Phi) is 3.94. The summed E-state index contributed by atoms with van der Waals surface area (Å²) in [6, 6.07) is 8.80. The number of carbonyl (C=O) groups is 2. The van der Waals surface area contributed by atoms with Crippen LogP contribution < -0.4 is 4.90 Å². The number of carbonyl (C=O) groups excluding carboxylic acids is 1. The van der Waals surface area contributed by atoms with Crippen molar-refractivity contribution in [2.45, 2.75) is 18.9 Å². The Bertz CT molecular complexity index is 426. The molecule has 1 aliphatic heterocycles. The number of hydrogen-bond donors (Lipinski definition) is 1. The first-order valence-corrected chi connectivity index (χ1v) is 5.88. The maximum Gasteiger partial charge on any atom is 0.323 e. The number of amides is 1. The topological polar surface area (TPSA) is 66.8 Å². The van der Waals surface area contributed by atoms with Crippen LogP contribution in [0.15, 0.2) is 30.3 Å². The fourth-order valence-electron chi connectivity index (χ4n) is 1.99. The van der Waals surface area contributed by atoms with Gasteiger partial charge in [0, 0.05) is 12.3 Å². The van der Waals surface area contributed by atoms with Crippen molar-refractivity contribution in [2.24, 2.45) is 0 Å². The van der Waals surface area contributed by atoms with Gasteiger partial charge >= 0.3 is 5.97 Å². The minimum absolute atomic E-state index is 0.277. The highest BCUT2D eigenvalue weighted by Crippen LogP contribution is 2.20. The van der Waals surface area contributed by atoms with E-state index in [9.17, 15) is 9.59 Å². The van der Waals surface area contributed by atoms with E-state index in [0.717, 1.165) is 6.42 Å². The molecule has 5 nitrogen and oxygen atoms in total. The van der Waals surface area contributed by atoms with E-state index in [4.69, 9.17) is 9.84 Å². The molecule has 5 heteroatoms. The second-order valence-electron chi connectivity index (χ2n) is 4.16. The van der Waals surface area contributed by atoms with Gasteiger partial charge in [-0.25, -0.2) is 0 Å². The van der Waals surface area contributed by atoms with Gasteiger partial charge in [0.15, 0.2) is 0 Å². The lowest BCUT2D eigenvalue weighted by Crippen LogP contribution is -2.42. The number of rotatable bonds is 4. The minimum Gasteiger partial charge on any atom is -0.480 e.